The highest BCUT2D eigenvalue weighted by atomic mass is 32.2. The molecule has 0 aromatic heterocycles. The Hall–Kier alpha value is -1.25. The van der Waals surface area contributed by atoms with E-state index in [0.29, 0.717) is 0 Å². The second kappa shape index (κ2) is 6.27. The number of nitrogens with two attached hydrogens (primary N) is 1. The first-order valence-corrected chi connectivity index (χ1v) is 7.46. The summed E-state index contributed by atoms with van der Waals surface area (Å²) in [5, 5.41) is 0. The van der Waals surface area contributed by atoms with Crippen LogP contribution in [0.5, 0.6) is 0 Å². The summed E-state index contributed by atoms with van der Waals surface area (Å²) in [6.07, 6.45) is 0.939. The predicted octanol–water partition coefficient (Wildman–Crippen LogP) is 4.34. The SMILES string of the molecule is Cc1ccc(Sc2ccc(CC(C)N)cc2)cc1C. The molecule has 0 spiro atoms. The van der Waals surface area contributed by atoms with E-state index in [2.05, 4.69) is 56.3 Å². The highest BCUT2D eigenvalue weighted by Crippen LogP contribution is 2.29. The minimum absolute atomic E-state index is 0.221. The maximum atomic E-state index is 5.81. The molecule has 2 aromatic rings. The molecule has 0 aliphatic carbocycles. The van der Waals surface area contributed by atoms with E-state index in [1.54, 1.807) is 11.8 Å². The van der Waals surface area contributed by atoms with Gasteiger partial charge < -0.3 is 5.73 Å². The molecule has 2 aromatic carbocycles. The third-order valence-electron chi connectivity index (χ3n) is 3.20. The number of hydrogen-bond donors (Lipinski definition) is 1. The average molecular weight is 271 g/mol. The van der Waals surface area contributed by atoms with Crippen molar-refractivity contribution >= 4 is 11.8 Å². The highest BCUT2D eigenvalue weighted by Gasteiger charge is 2.01. The predicted molar refractivity (Wildman–Crippen MR) is 83.8 cm³/mol. The molecule has 0 fully saturated rings. The van der Waals surface area contributed by atoms with Gasteiger partial charge in [-0.1, -0.05) is 30.0 Å². The third-order valence-corrected chi connectivity index (χ3v) is 4.19. The van der Waals surface area contributed by atoms with Gasteiger partial charge in [-0.3, -0.25) is 0 Å². The van der Waals surface area contributed by atoms with Gasteiger partial charge in [-0.15, -0.1) is 0 Å². The van der Waals surface area contributed by atoms with Gasteiger partial charge in [0.15, 0.2) is 0 Å². The fourth-order valence-corrected chi connectivity index (χ4v) is 2.89. The van der Waals surface area contributed by atoms with Gasteiger partial charge in [0, 0.05) is 15.8 Å². The summed E-state index contributed by atoms with van der Waals surface area (Å²) in [5.74, 6) is 0. The molecule has 0 amide bonds. The van der Waals surface area contributed by atoms with Crippen LogP contribution >= 0.6 is 11.8 Å². The lowest BCUT2D eigenvalue weighted by molar-refractivity contribution is 0.737. The zero-order valence-corrected chi connectivity index (χ0v) is 12.6. The Morgan fingerprint density at radius 3 is 2.16 bits per heavy atom. The van der Waals surface area contributed by atoms with Crippen molar-refractivity contribution < 1.29 is 0 Å². The molecular weight excluding hydrogens is 250 g/mol. The second-order valence-corrected chi connectivity index (χ2v) is 6.32. The van der Waals surface area contributed by atoms with Crippen molar-refractivity contribution in [3.8, 4) is 0 Å². The quantitative estimate of drug-likeness (QED) is 0.895. The van der Waals surface area contributed by atoms with E-state index in [4.69, 9.17) is 5.73 Å². The van der Waals surface area contributed by atoms with E-state index in [1.807, 2.05) is 6.92 Å². The van der Waals surface area contributed by atoms with Crippen LogP contribution in [0.25, 0.3) is 0 Å². The van der Waals surface area contributed by atoms with Crippen molar-refractivity contribution in [2.75, 3.05) is 0 Å². The van der Waals surface area contributed by atoms with Gasteiger partial charge in [0.05, 0.1) is 0 Å². The zero-order chi connectivity index (χ0) is 13.8. The molecule has 0 saturated heterocycles. The van der Waals surface area contributed by atoms with Crippen molar-refractivity contribution in [2.45, 2.75) is 43.0 Å². The first-order chi connectivity index (χ1) is 9.04. The molecule has 100 valence electrons. The summed E-state index contributed by atoms with van der Waals surface area (Å²) in [4.78, 5) is 2.57. The van der Waals surface area contributed by atoms with Crippen molar-refractivity contribution in [3.63, 3.8) is 0 Å². The number of hydrogen-bond acceptors (Lipinski definition) is 2. The second-order valence-electron chi connectivity index (χ2n) is 5.17. The molecule has 19 heavy (non-hydrogen) atoms. The normalized spacial score (nSPS) is 12.4. The first-order valence-electron chi connectivity index (χ1n) is 6.64. The largest absolute Gasteiger partial charge is 0.328 e. The molecule has 2 heteroatoms. The molecule has 0 aliphatic heterocycles. The van der Waals surface area contributed by atoms with Gasteiger partial charge in [0.1, 0.15) is 0 Å². The van der Waals surface area contributed by atoms with Crippen molar-refractivity contribution in [3.05, 3.63) is 59.2 Å². The third kappa shape index (κ3) is 4.12. The minimum atomic E-state index is 0.221. The molecule has 2 rings (SSSR count). The fourth-order valence-electron chi connectivity index (χ4n) is 1.98. The molecule has 0 bridgehead atoms. The summed E-state index contributed by atoms with van der Waals surface area (Å²) in [6, 6.07) is 15.5. The lowest BCUT2D eigenvalue weighted by Crippen LogP contribution is -2.17. The number of aryl methyl sites for hydroxylation is 2. The van der Waals surface area contributed by atoms with Gasteiger partial charge in [0.25, 0.3) is 0 Å². The van der Waals surface area contributed by atoms with Crippen LogP contribution in [0, 0.1) is 13.8 Å². The molecule has 1 nitrogen and oxygen atoms in total. The van der Waals surface area contributed by atoms with Crippen molar-refractivity contribution in [1.29, 1.82) is 0 Å². The summed E-state index contributed by atoms with van der Waals surface area (Å²) < 4.78 is 0. The van der Waals surface area contributed by atoms with Gasteiger partial charge >= 0.3 is 0 Å². The van der Waals surface area contributed by atoms with Crippen molar-refractivity contribution in [2.24, 2.45) is 5.73 Å². The van der Waals surface area contributed by atoms with Crippen LogP contribution in [-0.2, 0) is 6.42 Å². The Morgan fingerprint density at radius 1 is 0.947 bits per heavy atom. The van der Waals surface area contributed by atoms with Crippen LogP contribution in [0.3, 0.4) is 0 Å². The Balaban J connectivity index is 2.08. The smallest absolute Gasteiger partial charge is 0.0125 e. The minimum Gasteiger partial charge on any atom is -0.328 e. The number of rotatable bonds is 4. The molecule has 0 heterocycles. The molecule has 2 N–H and O–H groups in total. The average Bonchev–Trinajstić information content (AvgIpc) is 2.36. The first kappa shape index (κ1) is 14.2. The maximum absolute atomic E-state index is 5.81. The Bertz CT molecular complexity index is 544. The monoisotopic (exact) mass is 271 g/mol. The Kier molecular flexibility index (Phi) is 4.67. The van der Waals surface area contributed by atoms with E-state index in [0.717, 1.165) is 6.42 Å². The summed E-state index contributed by atoms with van der Waals surface area (Å²) in [6.45, 7) is 6.34. The van der Waals surface area contributed by atoms with E-state index in [9.17, 15) is 0 Å². The lowest BCUT2D eigenvalue weighted by Gasteiger charge is -2.07. The Labute approximate surface area is 120 Å². The van der Waals surface area contributed by atoms with Gasteiger partial charge in [0.2, 0.25) is 0 Å². The highest BCUT2D eigenvalue weighted by molar-refractivity contribution is 7.99. The topological polar surface area (TPSA) is 26.0 Å². The zero-order valence-electron chi connectivity index (χ0n) is 11.8. The van der Waals surface area contributed by atoms with Crippen LogP contribution in [-0.4, -0.2) is 6.04 Å². The maximum Gasteiger partial charge on any atom is 0.0125 e. The van der Waals surface area contributed by atoms with Crippen LogP contribution in [0.2, 0.25) is 0 Å². The van der Waals surface area contributed by atoms with Gasteiger partial charge in [-0.25, -0.2) is 0 Å². The van der Waals surface area contributed by atoms with Crippen LogP contribution < -0.4 is 5.73 Å². The van der Waals surface area contributed by atoms with Crippen LogP contribution in [0.15, 0.2) is 52.3 Å². The van der Waals surface area contributed by atoms with Gasteiger partial charge in [-0.05, 0) is 68.1 Å². The van der Waals surface area contributed by atoms with E-state index >= 15 is 0 Å². The van der Waals surface area contributed by atoms with E-state index < -0.39 is 0 Å². The molecule has 1 unspecified atom stereocenters. The number of benzene rings is 2. The molecule has 0 saturated carbocycles. The molecule has 0 aliphatic rings. The van der Waals surface area contributed by atoms with E-state index in [-0.39, 0.29) is 6.04 Å². The Morgan fingerprint density at radius 2 is 1.58 bits per heavy atom. The lowest BCUT2D eigenvalue weighted by atomic mass is 10.1. The molecular formula is C17H21NS. The summed E-state index contributed by atoms with van der Waals surface area (Å²) in [5.41, 5.74) is 9.81. The van der Waals surface area contributed by atoms with Crippen molar-refractivity contribution in [1.82, 2.24) is 0 Å². The van der Waals surface area contributed by atoms with Crippen LogP contribution in [0.1, 0.15) is 23.6 Å². The summed E-state index contributed by atoms with van der Waals surface area (Å²) in [7, 11) is 0. The van der Waals surface area contributed by atoms with E-state index in [1.165, 1.54) is 26.5 Å². The van der Waals surface area contributed by atoms with Crippen LogP contribution in [0.4, 0.5) is 0 Å². The molecule has 1 atom stereocenters. The molecule has 0 radical (unpaired) electrons. The summed E-state index contributed by atoms with van der Waals surface area (Å²) >= 11 is 1.81. The standard InChI is InChI=1S/C17H21NS/c1-12-4-7-17(10-13(12)2)19-16-8-5-15(6-9-16)11-14(3)18/h4-10,14H,11,18H2,1-3H3. The van der Waals surface area contributed by atoms with Gasteiger partial charge in [-0.2, -0.15) is 0 Å². The fraction of sp³-hybridized carbons (Fsp3) is 0.294.